The minimum Gasteiger partial charge on any atom is -0.276 e. The van der Waals surface area contributed by atoms with Crippen LogP contribution in [0.15, 0.2) is 43.0 Å². The van der Waals surface area contributed by atoms with Crippen molar-refractivity contribution in [2.24, 2.45) is 0 Å². The topological polar surface area (TPSA) is 17.1 Å². The number of hydrogen-bond donors (Lipinski definition) is 0. The second kappa shape index (κ2) is 6.62. The molecule has 0 aliphatic heterocycles. The van der Waals surface area contributed by atoms with Gasteiger partial charge in [-0.2, -0.15) is 0 Å². The Morgan fingerprint density at radius 3 is 2.00 bits per heavy atom. The summed E-state index contributed by atoms with van der Waals surface area (Å²) in [7, 11) is 0. The van der Waals surface area contributed by atoms with Crippen molar-refractivity contribution >= 4 is 16.8 Å². The van der Waals surface area contributed by atoms with Gasteiger partial charge >= 0.3 is 0 Å². The Morgan fingerprint density at radius 2 is 1.83 bits per heavy atom. The molecule has 1 aromatic rings. The third-order valence-electron chi connectivity index (χ3n) is 1.10. The van der Waals surface area contributed by atoms with Crippen molar-refractivity contribution in [1.29, 1.82) is 0 Å². The molecular weight excluding hydrogens is 172 g/mol. The molecule has 0 saturated carbocycles. The van der Waals surface area contributed by atoms with Crippen molar-refractivity contribution in [3.05, 3.63) is 48.6 Å². The second-order valence-corrected chi connectivity index (χ2v) is 2.54. The summed E-state index contributed by atoms with van der Waals surface area (Å²) in [6.45, 7) is 5.16. The molecule has 0 heterocycles. The molecule has 0 N–H and O–H groups in total. The minimum absolute atomic E-state index is 0.509. The maximum absolute atomic E-state index is 9.46. The molecule has 0 amide bonds. The molecule has 1 rings (SSSR count). The Balaban J connectivity index is 0.000000217. The number of carbonyl (C=O) groups is 1. The van der Waals surface area contributed by atoms with Crippen LogP contribution < -0.4 is 0 Å². The molecule has 0 spiro atoms. The Kier molecular flexibility index (Phi) is 6.02. The summed E-state index contributed by atoms with van der Waals surface area (Å²) in [6, 6.07) is 10.3. The number of aryl methyl sites for hydroxylation is 1. The van der Waals surface area contributed by atoms with Gasteiger partial charge in [0.1, 0.15) is 0 Å². The number of allylic oxidation sites excluding steroid dienone is 1. The van der Waals surface area contributed by atoms with Gasteiger partial charge < -0.3 is 0 Å². The maximum Gasteiger partial charge on any atom is 0.244 e. The fourth-order valence-corrected chi connectivity index (χ4v) is 0.534. The highest BCUT2D eigenvalue weighted by molar-refractivity contribution is 6.66. The number of rotatable bonds is 1. The summed E-state index contributed by atoms with van der Waals surface area (Å²) >= 11 is 4.71. The number of halogens is 1. The Bertz CT molecular complexity index is 241. The highest BCUT2D eigenvalue weighted by Crippen LogP contribution is 1.92. The van der Waals surface area contributed by atoms with Gasteiger partial charge in [-0.05, 0) is 24.6 Å². The molecule has 0 aliphatic rings. The first-order valence-electron chi connectivity index (χ1n) is 3.50. The van der Waals surface area contributed by atoms with Gasteiger partial charge in [0.05, 0.1) is 0 Å². The van der Waals surface area contributed by atoms with E-state index >= 15 is 0 Å². The minimum atomic E-state index is -0.509. The molecule has 2 heteroatoms. The van der Waals surface area contributed by atoms with Gasteiger partial charge in [0, 0.05) is 0 Å². The second-order valence-electron chi connectivity index (χ2n) is 2.16. The normalized spacial score (nSPS) is 7.83. The molecule has 1 aromatic carbocycles. The zero-order chi connectivity index (χ0) is 9.40. The number of benzene rings is 1. The molecule has 1 nitrogen and oxygen atoms in total. The Labute approximate surface area is 77.7 Å². The summed E-state index contributed by atoms with van der Waals surface area (Å²) < 4.78 is 0. The van der Waals surface area contributed by atoms with Crippen LogP contribution in [0.25, 0.3) is 0 Å². The van der Waals surface area contributed by atoms with Crippen LogP contribution >= 0.6 is 11.6 Å². The van der Waals surface area contributed by atoms with E-state index in [9.17, 15) is 4.79 Å². The van der Waals surface area contributed by atoms with Gasteiger partial charge in [0.15, 0.2) is 0 Å². The van der Waals surface area contributed by atoms with Crippen LogP contribution in [0.4, 0.5) is 0 Å². The molecule has 12 heavy (non-hydrogen) atoms. The van der Waals surface area contributed by atoms with Gasteiger partial charge in [0.25, 0.3) is 0 Å². The van der Waals surface area contributed by atoms with Crippen LogP contribution in [-0.4, -0.2) is 5.24 Å². The van der Waals surface area contributed by atoms with Crippen LogP contribution in [-0.2, 0) is 4.79 Å². The van der Waals surface area contributed by atoms with Crippen LogP contribution in [0.2, 0.25) is 0 Å². The van der Waals surface area contributed by atoms with Crippen molar-refractivity contribution < 1.29 is 4.79 Å². The van der Waals surface area contributed by atoms with Crippen LogP contribution in [0.1, 0.15) is 5.56 Å². The highest BCUT2D eigenvalue weighted by Gasteiger charge is 1.74. The van der Waals surface area contributed by atoms with Gasteiger partial charge in [-0.3, -0.25) is 4.79 Å². The fourth-order valence-electron chi connectivity index (χ4n) is 0.534. The third-order valence-corrected chi connectivity index (χ3v) is 1.26. The van der Waals surface area contributed by atoms with Crippen molar-refractivity contribution in [3.8, 4) is 0 Å². The third kappa shape index (κ3) is 7.03. The van der Waals surface area contributed by atoms with Gasteiger partial charge in [-0.15, -0.1) is 0 Å². The van der Waals surface area contributed by atoms with E-state index in [0.29, 0.717) is 0 Å². The smallest absolute Gasteiger partial charge is 0.244 e. The molecule has 0 atom stereocenters. The summed E-state index contributed by atoms with van der Waals surface area (Å²) in [6.07, 6.45) is 1.04. The van der Waals surface area contributed by atoms with E-state index in [2.05, 4.69) is 25.6 Å². The molecule has 0 aromatic heterocycles. The fraction of sp³-hybridized carbons (Fsp3) is 0.100. The molecular formula is C10H11ClO. The van der Waals surface area contributed by atoms with E-state index in [4.69, 9.17) is 11.6 Å². The van der Waals surface area contributed by atoms with E-state index in [0.717, 1.165) is 6.08 Å². The first kappa shape index (κ1) is 10.9. The highest BCUT2D eigenvalue weighted by atomic mass is 35.5. The lowest BCUT2D eigenvalue weighted by Gasteiger charge is -1.82. The monoisotopic (exact) mass is 182 g/mol. The molecule has 64 valence electrons. The lowest BCUT2D eigenvalue weighted by atomic mass is 10.2. The summed E-state index contributed by atoms with van der Waals surface area (Å²) in [4.78, 5) is 9.46. The quantitative estimate of drug-likeness (QED) is 0.482. The van der Waals surface area contributed by atoms with Crippen LogP contribution in [0.5, 0.6) is 0 Å². The standard InChI is InChI=1S/C7H8.C3H3ClO/c1-7-5-3-2-4-6-7;1-2-3(4)5/h2-6H,1H3;2H,1H2. The Hall–Kier alpha value is -1.08. The van der Waals surface area contributed by atoms with Gasteiger partial charge in [0.2, 0.25) is 5.24 Å². The molecule has 0 aliphatic carbocycles. The average Bonchev–Trinajstić information content (AvgIpc) is 2.07. The number of carbonyl (C=O) groups excluding carboxylic acids is 1. The first-order chi connectivity index (χ1) is 5.66. The summed E-state index contributed by atoms with van der Waals surface area (Å²) in [5, 5.41) is -0.509. The van der Waals surface area contributed by atoms with E-state index in [1.165, 1.54) is 5.56 Å². The van der Waals surface area contributed by atoms with E-state index in [1.807, 2.05) is 18.2 Å². The lowest BCUT2D eigenvalue weighted by molar-refractivity contribution is -0.107. The van der Waals surface area contributed by atoms with E-state index in [-0.39, 0.29) is 0 Å². The molecule has 0 fully saturated rings. The van der Waals surface area contributed by atoms with Gasteiger partial charge in [-0.25, -0.2) is 0 Å². The van der Waals surface area contributed by atoms with Crippen molar-refractivity contribution in [3.63, 3.8) is 0 Å². The SMILES string of the molecule is C=CC(=O)Cl.Cc1ccccc1. The largest absolute Gasteiger partial charge is 0.276 e. The first-order valence-corrected chi connectivity index (χ1v) is 3.88. The molecule has 0 saturated heterocycles. The lowest BCUT2D eigenvalue weighted by Crippen LogP contribution is -1.67. The number of hydrogen-bond acceptors (Lipinski definition) is 1. The summed E-state index contributed by atoms with van der Waals surface area (Å²) in [5.74, 6) is 0. The predicted octanol–water partition coefficient (Wildman–Crippen LogP) is 2.93. The van der Waals surface area contributed by atoms with Gasteiger partial charge in [-0.1, -0.05) is 42.5 Å². The van der Waals surface area contributed by atoms with E-state index < -0.39 is 5.24 Å². The Morgan fingerprint density at radius 1 is 1.42 bits per heavy atom. The maximum atomic E-state index is 9.46. The van der Waals surface area contributed by atoms with Crippen molar-refractivity contribution in [2.75, 3.05) is 0 Å². The zero-order valence-corrected chi connectivity index (χ0v) is 7.71. The van der Waals surface area contributed by atoms with Crippen molar-refractivity contribution in [2.45, 2.75) is 6.92 Å². The average molecular weight is 183 g/mol. The molecule has 0 unspecified atom stereocenters. The molecule has 0 radical (unpaired) electrons. The van der Waals surface area contributed by atoms with Crippen molar-refractivity contribution in [1.82, 2.24) is 0 Å². The van der Waals surface area contributed by atoms with Crippen LogP contribution in [0.3, 0.4) is 0 Å². The zero-order valence-electron chi connectivity index (χ0n) is 6.96. The molecule has 0 bridgehead atoms. The van der Waals surface area contributed by atoms with Crippen LogP contribution in [0, 0.1) is 6.92 Å². The van der Waals surface area contributed by atoms with E-state index in [1.54, 1.807) is 0 Å². The summed E-state index contributed by atoms with van der Waals surface area (Å²) in [5.41, 5.74) is 1.32. The predicted molar refractivity (Wildman–Crippen MR) is 52.2 cm³/mol.